The standard InChI is InChI=1S/C13H11ClN2O2S/c14-11-3-1-2-10(8-11)9-16-12-4-6-13(7-5-12)19(15,17)18/h1-9H,(H2,15,17,18). The van der Waals surface area contributed by atoms with Crippen LogP contribution in [-0.2, 0) is 10.0 Å². The molecule has 0 saturated heterocycles. The minimum absolute atomic E-state index is 0.0641. The van der Waals surface area contributed by atoms with Gasteiger partial charge in [-0.2, -0.15) is 0 Å². The van der Waals surface area contributed by atoms with Crippen molar-refractivity contribution in [3.63, 3.8) is 0 Å². The molecule has 2 N–H and O–H groups in total. The van der Waals surface area contributed by atoms with E-state index in [1.54, 1.807) is 30.5 Å². The molecule has 0 amide bonds. The molecule has 2 rings (SSSR count). The van der Waals surface area contributed by atoms with E-state index in [0.717, 1.165) is 5.56 Å². The molecule has 0 spiro atoms. The van der Waals surface area contributed by atoms with E-state index >= 15 is 0 Å². The third kappa shape index (κ3) is 3.89. The van der Waals surface area contributed by atoms with Crippen LogP contribution in [0.5, 0.6) is 0 Å². The summed E-state index contributed by atoms with van der Waals surface area (Å²) in [5.41, 5.74) is 1.50. The van der Waals surface area contributed by atoms with Gasteiger partial charge in [-0.15, -0.1) is 0 Å². The summed E-state index contributed by atoms with van der Waals surface area (Å²) in [5.74, 6) is 0. The highest BCUT2D eigenvalue weighted by Crippen LogP contribution is 2.16. The fourth-order valence-corrected chi connectivity index (χ4v) is 2.17. The molecule has 2 aromatic rings. The maximum Gasteiger partial charge on any atom is 0.238 e. The summed E-state index contributed by atoms with van der Waals surface area (Å²) in [5, 5.41) is 5.64. The molecule has 0 aliphatic heterocycles. The minimum atomic E-state index is -3.66. The maximum absolute atomic E-state index is 11.1. The fraction of sp³-hybridized carbons (Fsp3) is 0. The van der Waals surface area contributed by atoms with E-state index < -0.39 is 10.0 Å². The van der Waals surface area contributed by atoms with E-state index in [2.05, 4.69) is 4.99 Å². The molecular weight excluding hydrogens is 284 g/mol. The van der Waals surface area contributed by atoms with Crippen LogP contribution in [0.3, 0.4) is 0 Å². The predicted octanol–water partition coefficient (Wildman–Crippen LogP) is 2.74. The van der Waals surface area contributed by atoms with Crippen LogP contribution in [-0.4, -0.2) is 14.6 Å². The molecule has 0 atom stereocenters. The van der Waals surface area contributed by atoms with Crippen LogP contribution in [0.25, 0.3) is 0 Å². The molecule has 0 saturated carbocycles. The van der Waals surface area contributed by atoms with Crippen molar-refractivity contribution in [2.75, 3.05) is 0 Å². The van der Waals surface area contributed by atoms with Gasteiger partial charge in [0.1, 0.15) is 0 Å². The van der Waals surface area contributed by atoms with Gasteiger partial charge in [0.15, 0.2) is 0 Å². The first-order chi connectivity index (χ1) is 8.95. The average Bonchev–Trinajstić information content (AvgIpc) is 2.36. The lowest BCUT2D eigenvalue weighted by molar-refractivity contribution is 0.598. The molecule has 4 nitrogen and oxygen atoms in total. The van der Waals surface area contributed by atoms with Gasteiger partial charge >= 0.3 is 0 Å². The number of hydrogen-bond donors (Lipinski definition) is 1. The number of rotatable bonds is 3. The van der Waals surface area contributed by atoms with Crippen molar-refractivity contribution in [1.82, 2.24) is 0 Å². The second-order valence-electron chi connectivity index (χ2n) is 3.85. The number of aliphatic imine (C=N–C) groups is 1. The summed E-state index contributed by atoms with van der Waals surface area (Å²) in [6.45, 7) is 0. The molecule has 0 aliphatic carbocycles. The Kier molecular flexibility index (Phi) is 3.99. The smallest absolute Gasteiger partial charge is 0.238 e. The summed E-state index contributed by atoms with van der Waals surface area (Å²) in [6, 6.07) is 13.3. The molecular formula is C13H11ClN2O2S. The molecule has 98 valence electrons. The first kappa shape index (κ1) is 13.7. The lowest BCUT2D eigenvalue weighted by Crippen LogP contribution is -2.11. The summed E-state index contributed by atoms with van der Waals surface area (Å²) >= 11 is 5.86. The van der Waals surface area contributed by atoms with Gasteiger partial charge in [0, 0.05) is 11.2 Å². The van der Waals surface area contributed by atoms with Crippen molar-refractivity contribution >= 4 is 33.5 Å². The Labute approximate surface area is 116 Å². The highest BCUT2D eigenvalue weighted by molar-refractivity contribution is 7.89. The van der Waals surface area contributed by atoms with E-state index in [0.29, 0.717) is 10.7 Å². The van der Waals surface area contributed by atoms with E-state index in [-0.39, 0.29) is 4.90 Å². The highest BCUT2D eigenvalue weighted by atomic mass is 35.5. The van der Waals surface area contributed by atoms with Gasteiger partial charge in [-0.25, -0.2) is 13.6 Å². The van der Waals surface area contributed by atoms with Crippen LogP contribution in [0.1, 0.15) is 5.56 Å². The summed E-state index contributed by atoms with van der Waals surface area (Å²) in [6.07, 6.45) is 1.65. The topological polar surface area (TPSA) is 72.5 Å². The van der Waals surface area contributed by atoms with E-state index in [1.165, 1.54) is 12.1 Å². The van der Waals surface area contributed by atoms with Crippen LogP contribution < -0.4 is 5.14 Å². The van der Waals surface area contributed by atoms with Crippen LogP contribution in [0, 0.1) is 0 Å². The van der Waals surface area contributed by atoms with Crippen molar-refractivity contribution in [3.05, 3.63) is 59.1 Å². The zero-order chi connectivity index (χ0) is 13.9. The highest BCUT2D eigenvalue weighted by Gasteiger charge is 2.05. The number of hydrogen-bond acceptors (Lipinski definition) is 3. The van der Waals surface area contributed by atoms with Crippen molar-refractivity contribution < 1.29 is 8.42 Å². The van der Waals surface area contributed by atoms with Crippen molar-refractivity contribution in [2.24, 2.45) is 10.1 Å². The first-order valence-electron chi connectivity index (χ1n) is 5.38. The third-order valence-electron chi connectivity index (χ3n) is 2.38. The molecule has 0 fully saturated rings. The SMILES string of the molecule is NS(=O)(=O)c1ccc(N=Cc2cccc(Cl)c2)cc1. The third-order valence-corrected chi connectivity index (χ3v) is 3.54. The predicted molar refractivity (Wildman–Crippen MR) is 76.5 cm³/mol. The van der Waals surface area contributed by atoms with Crippen LogP contribution in [0.4, 0.5) is 5.69 Å². The summed E-state index contributed by atoms with van der Waals surface area (Å²) in [4.78, 5) is 4.29. The molecule has 0 aliphatic rings. The van der Waals surface area contributed by atoms with Gasteiger partial charge in [0.05, 0.1) is 10.6 Å². The number of benzene rings is 2. The number of primary sulfonamides is 1. The van der Waals surface area contributed by atoms with Crippen molar-refractivity contribution in [3.8, 4) is 0 Å². The van der Waals surface area contributed by atoms with Gasteiger partial charge in [-0.05, 0) is 42.0 Å². The van der Waals surface area contributed by atoms with Gasteiger partial charge in [0.2, 0.25) is 10.0 Å². The maximum atomic E-state index is 11.1. The lowest BCUT2D eigenvalue weighted by atomic mass is 10.2. The number of nitrogens with two attached hydrogens (primary N) is 1. The molecule has 0 radical (unpaired) electrons. The van der Waals surface area contributed by atoms with Gasteiger partial charge in [-0.1, -0.05) is 23.7 Å². The summed E-state index contributed by atoms with van der Waals surface area (Å²) in [7, 11) is -3.66. The Morgan fingerprint density at radius 3 is 2.37 bits per heavy atom. The molecule has 2 aromatic carbocycles. The second kappa shape index (κ2) is 5.52. The Hall–Kier alpha value is -1.69. The van der Waals surface area contributed by atoms with Crippen LogP contribution in [0.2, 0.25) is 5.02 Å². The Bertz CT molecular complexity index is 710. The number of nitrogens with zero attached hydrogens (tertiary/aromatic N) is 1. The van der Waals surface area contributed by atoms with Gasteiger partial charge in [0.25, 0.3) is 0 Å². The second-order valence-corrected chi connectivity index (χ2v) is 5.85. The monoisotopic (exact) mass is 294 g/mol. The molecule has 19 heavy (non-hydrogen) atoms. The molecule has 0 aromatic heterocycles. The van der Waals surface area contributed by atoms with E-state index in [1.807, 2.05) is 12.1 Å². The molecule has 6 heteroatoms. The van der Waals surface area contributed by atoms with Crippen molar-refractivity contribution in [1.29, 1.82) is 0 Å². The quantitative estimate of drug-likeness (QED) is 0.884. The largest absolute Gasteiger partial charge is 0.256 e. The van der Waals surface area contributed by atoms with E-state index in [9.17, 15) is 8.42 Å². The Balaban J connectivity index is 2.20. The van der Waals surface area contributed by atoms with Crippen LogP contribution in [0.15, 0.2) is 58.4 Å². The first-order valence-corrected chi connectivity index (χ1v) is 7.30. The van der Waals surface area contributed by atoms with E-state index in [4.69, 9.17) is 16.7 Å². The average molecular weight is 295 g/mol. The lowest BCUT2D eigenvalue weighted by Gasteiger charge is -1.98. The van der Waals surface area contributed by atoms with Gasteiger partial charge in [-0.3, -0.25) is 4.99 Å². The number of halogens is 1. The zero-order valence-corrected chi connectivity index (χ0v) is 11.4. The van der Waals surface area contributed by atoms with Crippen LogP contribution >= 0.6 is 11.6 Å². The minimum Gasteiger partial charge on any atom is -0.256 e. The molecule has 0 bridgehead atoms. The van der Waals surface area contributed by atoms with Gasteiger partial charge < -0.3 is 0 Å². The van der Waals surface area contributed by atoms with Crippen molar-refractivity contribution in [2.45, 2.75) is 4.90 Å². The Morgan fingerprint density at radius 2 is 1.79 bits per heavy atom. The molecule has 0 heterocycles. The Morgan fingerprint density at radius 1 is 1.11 bits per heavy atom. The summed E-state index contributed by atoms with van der Waals surface area (Å²) < 4.78 is 22.2. The number of sulfonamides is 1. The fourth-order valence-electron chi connectivity index (χ4n) is 1.46. The molecule has 0 unspecified atom stereocenters. The normalized spacial score (nSPS) is 11.9. The zero-order valence-electron chi connectivity index (χ0n) is 9.82.